The molecular weight excluding hydrogens is 186 g/mol. The maximum absolute atomic E-state index is 2.27. The molecule has 0 aliphatic rings. The SMILES string of the molecule is C[Si](C)C.[Sb]. The molecule has 4 radical (unpaired) electrons. The van der Waals surface area contributed by atoms with E-state index in [0.717, 1.165) is 0 Å². The van der Waals surface area contributed by atoms with Crippen LogP contribution in [0, 0.1) is 0 Å². The summed E-state index contributed by atoms with van der Waals surface area (Å²) in [6.45, 7) is 6.81. The van der Waals surface area contributed by atoms with Crippen LogP contribution in [0.15, 0.2) is 0 Å². The second-order valence-corrected chi connectivity index (χ2v) is 4.50. The van der Waals surface area contributed by atoms with E-state index >= 15 is 0 Å². The molecule has 0 N–H and O–H groups in total. The first-order valence-corrected chi connectivity index (χ1v) is 4.50. The van der Waals surface area contributed by atoms with E-state index in [2.05, 4.69) is 19.6 Å². The zero-order valence-corrected chi connectivity index (χ0v) is 7.50. The van der Waals surface area contributed by atoms with Gasteiger partial charge in [-0.2, -0.15) is 0 Å². The minimum Gasteiger partial charge on any atom is -0.0715 e. The van der Waals surface area contributed by atoms with Gasteiger partial charge in [-0.05, 0) is 0 Å². The van der Waals surface area contributed by atoms with Crippen molar-refractivity contribution in [2.75, 3.05) is 0 Å². The predicted octanol–water partition coefficient (Wildman–Crippen LogP) is 0.990. The van der Waals surface area contributed by atoms with Crippen LogP contribution in [0.25, 0.3) is 0 Å². The molecule has 0 rings (SSSR count). The maximum Gasteiger partial charge on any atom is 0.0379 e. The van der Waals surface area contributed by atoms with Crippen molar-refractivity contribution in [2.45, 2.75) is 19.6 Å². The third kappa shape index (κ3) is 43.3. The second kappa shape index (κ2) is 5.04. The van der Waals surface area contributed by atoms with Gasteiger partial charge < -0.3 is 0 Å². The molecule has 2 heteroatoms. The van der Waals surface area contributed by atoms with Crippen molar-refractivity contribution in [3.63, 3.8) is 0 Å². The Labute approximate surface area is 53.0 Å². The molecule has 0 saturated heterocycles. The Morgan fingerprint density at radius 1 is 1.00 bits per heavy atom. The molecule has 0 aromatic carbocycles. The third-order valence-electron chi connectivity index (χ3n) is 0. The Morgan fingerprint density at radius 2 is 1.00 bits per heavy atom. The van der Waals surface area contributed by atoms with Crippen molar-refractivity contribution in [1.82, 2.24) is 0 Å². The van der Waals surface area contributed by atoms with E-state index in [1.807, 2.05) is 0 Å². The summed E-state index contributed by atoms with van der Waals surface area (Å²) in [5.41, 5.74) is 0. The molecule has 0 aliphatic heterocycles. The Balaban J connectivity index is 0. The topological polar surface area (TPSA) is 0 Å². The smallest absolute Gasteiger partial charge is 0.0379 e. The third-order valence-corrected chi connectivity index (χ3v) is 0. The van der Waals surface area contributed by atoms with Gasteiger partial charge in [-0.1, -0.05) is 19.6 Å². The molecule has 5 heavy (non-hydrogen) atoms. The van der Waals surface area contributed by atoms with E-state index < -0.39 is 0 Å². The molecule has 0 aliphatic carbocycles. The number of hydrogen-bond acceptors (Lipinski definition) is 0. The Bertz CT molecular complexity index is 11.6. The molecule has 0 aromatic rings. The van der Waals surface area contributed by atoms with Crippen molar-refractivity contribution in [1.29, 1.82) is 0 Å². The van der Waals surface area contributed by atoms with Gasteiger partial charge in [0.05, 0.1) is 0 Å². The van der Waals surface area contributed by atoms with Crippen molar-refractivity contribution in [3.8, 4) is 0 Å². The summed E-state index contributed by atoms with van der Waals surface area (Å²) < 4.78 is 0. The number of rotatable bonds is 0. The molecule has 0 heterocycles. The zero-order valence-electron chi connectivity index (χ0n) is 3.95. The Morgan fingerprint density at radius 3 is 1.00 bits per heavy atom. The summed E-state index contributed by atoms with van der Waals surface area (Å²) in [5.74, 6) is 0. The van der Waals surface area contributed by atoms with Crippen LogP contribution in [0.4, 0.5) is 0 Å². The normalized spacial score (nSPS) is 7.20. The van der Waals surface area contributed by atoms with Gasteiger partial charge in [0.1, 0.15) is 0 Å². The fourth-order valence-electron chi connectivity index (χ4n) is 0. The van der Waals surface area contributed by atoms with Crippen molar-refractivity contribution in [3.05, 3.63) is 0 Å². The van der Waals surface area contributed by atoms with Gasteiger partial charge in [0.2, 0.25) is 0 Å². The fourth-order valence-corrected chi connectivity index (χ4v) is 0. The van der Waals surface area contributed by atoms with Gasteiger partial charge in [0.15, 0.2) is 0 Å². The molecule has 30 valence electrons. The van der Waals surface area contributed by atoms with Crippen LogP contribution in [0.1, 0.15) is 0 Å². The Hall–Kier alpha value is 1.04. The first-order valence-electron chi connectivity index (χ1n) is 1.50. The molecule has 0 fully saturated rings. The molecular formula is C3H9SbSi. The van der Waals surface area contributed by atoms with Gasteiger partial charge in [0.25, 0.3) is 0 Å². The Kier molecular flexibility index (Phi) is 9.46. The van der Waals surface area contributed by atoms with Crippen LogP contribution in [-0.4, -0.2) is 33.2 Å². The van der Waals surface area contributed by atoms with E-state index in [1.54, 1.807) is 0 Å². The molecule has 0 atom stereocenters. The first-order chi connectivity index (χ1) is 1.73. The first kappa shape index (κ1) is 9.40. The summed E-state index contributed by atoms with van der Waals surface area (Å²) in [6.07, 6.45) is 0. The van der Waals surface area contributed by atoms with Crippen molar-refractivity contribution >= 4 is 33.2 Å². The quantitative estimate of drug-likeness (QED) is 0.505. The largest absolute Gasteiger partial charge is 0.0715 e. The summed E-state index contributed by atoms with van der Waals surface area (Å²) in [5, 5.41) is 0. The minimum absolute atomic E-state index is 0. The van der Waals surface area contributed by atoms with Crippen LogP contribution >= 0.6 is 0 Å². The molecule has 0 unspecified atom stereocenters. The molecule has 0 nitrogen and oxygen atoms in total. The molecule has 0 amide bonds. The summed E-state index contributed by atoms with van der Waals surface area (Å²) in [4.78, 5) is 0. The van der Waals surface area contributed by atoms with E-state index in [4.69, 9.17) is 0 Å². The van der Waals surface area contributed by atoms with Gasteiger partial charge in [0, 0.05) is 33.2 Å². The van der Waals surface area contributed by atoms with Gasteiger partial charge in [-0.15, -0.1) is 0 Å². The molecule has 0 bridgehead atoms. The van der Waals surface area contributed by atoms with Crippen LogP contribution in [0.3, 0.4) is 0 Å². The monoisotopic (exact) mass is 194 g/mol. The van der Waals surface area contributed by atoms with Crippen molar-refractivity contribution in [2.24, 2.45) is 0 Å². The minimum atomic E-state index is 0. The van der Waals surface area contributed by atoms with Crippen LogP contribution in [0.2, 0.25) is 19.6 Å². The zero-order chi connectivity index (χ0) is 3.58. The standard InChI is InChI=1S/C3H9Si.Sb/c1-4(2)3;/h1-3H3;. The van der Waals surface area contributed by atoms with Crippen LogP contribution < -0.4 is 0 Å². The van der Waals surface area contributed by atoms with Crippen molar-refractivity contribution < 1.29 is 0 Å². The van der Waals surface area contributed by atoms with Crippen LogP contribution in [-0.2, 0) is 0 Å². The van der Waals surface area contributed by atoms with E-state index in [-0.39, 0.29) is 33.2 Å². The average molecular weight is 195 g/mol. The van der Waals surface area contributed by atoms with E-state index in [1.165, 1.54) is 0 Å². The fraction of sp³-hybridized carbons (Fsp3) is 1.00. The molecule has 0 saturated carbocycles. The average Bonchev–Trinajstić information content (AvgIpc) is 0.811. The predicted molar refractivity (Wildman–Crippen MR) is 29.1 cm³/mol. The maximum atomic E-state index is 2.27. The van der Waals surface area contributed by atoms with Gasteiger partial charge >= 0.3 is 0 Å². The summed E-state index contributed by atoms with van der Waals surface area (Å²) in [7, 11) is 0.120. The molecule has 0 aromatic heterocycles. The number of hydrogen-bond donors (Lipinski definition) is 0. The summed E-state index contributed by atoms with van der Waals surface area (Å²) >= 11 is 0. The van der Waals surface area contributed by atoms with Gasteiger partial charge in [-0.3, -0.25) is 0 Å². The van der Waals surface area contributed by atoms with E-state index in [0.29, 0.717) is 0 Å². The van der Waals surface area contributed by atoms with Crippen LogP contribution in [0.5, 0.6) is 0 Å². The second-order valence-electron chi connectivity index (χ2n) is 1.50. The summed E-state index contributed by atoms with van der Waals surface area (Å²) in [6, 6.07) is 0. The van der Waals surface area contributed by atoms with Gasteiger partial charge in [-0.25, -0.2) is 0 Å². The van der Waals surface area contributed by atoms with E-state index in [9.17, 15) is 0 Å². The molecule has 0 spiro atoms.